The summed E-state index contributed by atoms with van der Waals surface area (Å²) >= 11 is 1.74. The lowest BCUT2D eigenvalue weighted by Gasteiger charge is -2.34. The number of hydrogen-bond acceptors (Lipinski definition) is 5. The van der Waals surface area contributed by atoms with Gasteiger partial charge in [-0.05, 0) is 32.1 Å². The molecule has 0 spiro atoms. The molecule has 0 aromatic heterocycles. The van der Waals surface area contributed by atoms with Crippen molar-refractivity contribution in [3.8, 4) is 0 Å². The molecule has 0 saturated heterocycles. The molecule has 0 unspecified atom stereocenters. The highest BCUT2D eigenvalue weighted by molar-refractivity contribution is 8.13. The molecular formula is C13H27N3O2S2. The van der Waals surface area contributed by atoms with Crippen molar-refractivity contribution in [3.63, 3.8) is 0 Å². The topological polar surface area (TPSA) is 70.6 Å². The van der Waals surface area contributed by atoms with Crippen LogP contribution in [0.3, 0.4) is 0 Å². The summed E-state index contributed by atoms with van der Waals surface area (Å²) in [5, 5.41) is 4.18. The Morgan fingerprint density at radius 3 is 2.35 bits per heavy atom. The van der Waals surface area contributed by atoms with Crippen LogP contribution in [0.15, 0.2) is 4.99 Å². The maximum absolute atomic E-state index is 11.3. The molecule has 118 valence electrons. The Kier molecular flexibility index (Phi) is 5.92. The van der Waals surface area contributed by atoms with Gasteiger partial charge in [0, 0.05) is 24.4 Å². The van der Waals surface area contributed by atoms with Crippen LogP contribution in [-0.2, 0) is 10.0 Å². The predicted molar refractivity (Wildman–Crippen MR) is 87.8 cm³/mol. The number of rotatable bonds is 6. The Labute approximate surface area is 127 Å². The minimum absolute atomic E-state index is 0.330. The average Bonchev–Trinajstić information content (AvgIpc) is 2.34. The highest BCUT2D eigenvalue weighted by Crippen LogP contribution is 2.34. The van der Waals surface area contributed by atoms with E-state index < -0.39 is 15.6 Å². The van der Waals surface area contributed by atoms with Crippen LogP contribution in [0.25, 0.3) is 0 Å². The average molecular weight is 322 g/mol. The first-order chi connectivity index (χ1) is 9.11. The third kappa shape index (κ3) is 5.61. The van der Waals surface area contributed by atoms with Crippen molar-refractivity contribution < 1.29 is 8.42 Å². The van der Waals surface area contributed by atoms with Crippen molar-refractivity contribution in [1.29, 1.82) is 0 Å². The molecule has 1 aliphatic heterocycles. The SMILES string of the molecule is CCC1(CC)CN=C(NCC(C)(C)NS(C)(=O)=O)SC1. The third-order valence-electron chi connectivity index (χ3n) is 3.72. The zero-order valence-electron chi connectivity index (χ0n) is 13.1. The molecule has 0 bridgehead atoms. The molecule has 0 aliphatic carbocycles. The van der Waals surface area contributed by atoms with Gasteiger partial charge in [0.15, 0.2) is 5.17 Å². The summed E-state index contributed by atoms with van der Waals surface area (Å²) in [6.45, 7) is 9.54. The van der Waals surface area contributed by atoms with Crippen LogP contribution in [0, 0.1) is 5.41 Å². The van der Waals surface area contributed by atoms with E-state index in [0.29, 0.717) is 12.0 Å². The van der Waals surface area contributed by atoms with E-state index in [2.05, 4.69) is 28.9 Å². The minimum Gasteiger partial charge on any atom is -0.363 e. The molecule has 0 aromatic rings. The Morgan fingerprint density at radius 1 is 1.35 bits per heavy atom. The minimum atomic E-state index is -3.20. The molecule has 0 fully saturated rings. The van der Waals surface area contributed by atoms with Crippen molar-refractivity contribution in [3.05, 3.63) is 0 Å². The van der Waals surface area contributed by atoms with Crippen molar-refractivity contribution in [2.24, 2.45) is 10.4 Å². The first kappa shape index (κ1) is 17.8. The first-order valence-electron chi connectivity index (χ1n) is 7.01. The summed E-state index contributed by atoms with van der Waals surface area (Å²) < 4.78 is 25.2. The van der Waals surface area contributed by atoms with Gasteiger partial charge in [-0.3, -0.25) is 4.99 Å². The quantitative estimate of drug-likeness (QED) is 0.783. The van der Waals surface area contributed by atoms with Gasteiger partial charge in [-0.1, -0.05) is 25.6 Å². The molecule has 1 heterocycles. The number of nitrogens with one attached hydrogen (secondary N) is 2. The van der Waals surface area contributed by atoms with E-state index >= 15 is 0 Å². The number of aliphatic imine (C=N–C) groups is 1. The molecule has 1 rings (SSSR count). The van der Waals surface area contributed by atoms with E-state index in [1.54, 1.807) is 11.8 Å². The summed E-state index contributed by atoms with van der Waals surface area (Å²) in [5.74, 6) is 1.08. The molecule has 0 aromatic carbocycles. The van der Waals surface area contributed by atoms with E-state index in [4.69, 9.17) is 0 Å². The number of thioether (sulfide) groups is 1. The highest BCUT2D eigenvalue weighted by Gasteiger charge is 2.30. The number of sulfonamides is 1. The summed E-state index contributed by atoms with van der Waals surface area (Å²) in [7, 11) is -3.20. The van der Waals surface area contributed by atoms with Crippen LogP contribution in [-0.4, -0.2) is 44.2 Å². The Bertz CT molecular complexity index is 454. The Balaban J connectivity index is 2.54. The van der Waals surface area contributed by atoms with E-state index in [1.807, 2.05) is 13.8 Å². The summed E-state index contributed by atoms with van der Waals surface area (Å²) in [6, 6.07) is 0. The number of hydrogen-bond donors (Lipinski definition) is 2. The van der Waals surface area contributed by atoms with Gasteiger partial charge < -0.3 is 5.32 Å². The Hall–Kier alpha value is -0.270. The van der Waals surface area contributed by atoms with E-state index in [0.717, 1.165) is 30.3 Å². The fraction of sp³-hybridized carbons (Fsp3) is 0.923. The first-order valence-corrected chi connectivity index (χ1v) is 9.89. The molecule has 5 nitrogen and oxygen atoms in total. The van der Waals surface area contributed by atoms with Crippen LogP contribution in [0.1, 0.15) is 40.5 Å². The number of nitrogens with zero attached hydrogens (tertiary/aromatic N) is 1. The molecule has 1 aliphatic rings. The predicted octanol–water partition coefficient (Wildman–Crippen LogP) is 1.81. The van der Waals surface area contributed by atoms with Gasteiger partial charge in [-0.15, -0.1) is 0 Å². The van der Waals surface area contributed by atoms with Crippen LogP contribution < -0.4 is 10.0 Å². The van der Waals surface area contributed by atoms with Gasteiger partial charge in [0.2, 0.25) is 10.0 Å². The van der Waals surface area contributed by atoms with Gasteiger partial charge in [-0.25, -0.2) is 13.1 Å². The van der Waals surface area contributed by atoms with Gasteiger partial charge in [0.1, 0.15) is 0 Å². The second-order valence-electron chi connectivity index (χ2n) is 6.23. The lowest BCUT2D eigenvalue weighted by atomic mass is 9.84. The molecule has 2 N–H and O–H groups in total. The zero-order chi connectivity index (χ0) is 15.4. The summed E-state index contributed by atoms with van der Waals surface area (Å²) in [5.41, 5.74) is -0.197. The van der Waals surface area contributed by atoms with E-state index in [9.17, 15) is 8.42 Å². The normalized spacial score (nSPS) is 19.6. The van der Waals surface area contributed by atoms with Gasteiger partial charge in [0.25, 0.3) is 0 Å². The maximum Gasteiger partial charge on any atom is 0.209 e. The van der Waals surface area contributed by atoms with Crippen molar-refractivity contribution in [1.82, 2.24) is 10.0 Å². The molecule has 0 saturated carbocycles. The molecule has 7 heteroatoms. The smallest absolute Gasteiger partial charge is 0.209 e. The highest BCUT2D eigenvalue weighted by atomic mass is 32.2. The lowest BCUT2D eigenvalue weighted by molar-refractivity contribution is 0.318. The van der Waals surface area contributed by atoms with Crippen molar-refractivity contribution in [2.45, 2.75) is 46.1 Å². The van der Waals surface area contributed by atoms with Gasteiger partial charge in [0.05, 0.1) is 6.26 Å². The molecule has 0 amide bonds. The van der Waals surface area contributed by atoms with Crippen LogP contribution in [0.4, 0.5) is 0 Å². The second kappa shape index (κ2) is 6.66. The largest absolute Gasteiger partial charge is 0.363 e. The molecule has 20 heavy (non-hydrogen) atoms. The van der Waals surface area contributed by atoms with Crippen LogP contribution >= 0.6 is 11.8 Å². The van der Waals surface area contributed by atoms with Crippen molar-refractivity contribution >= 4 is 27.0 Å². The molecular weight excluding hydrogens is 294 g/mol. The van der Waals surface area contributed by atoms with Crippen LogP contribution in [0.5, 0.6) is 0 Å². The van der Waals surface area contributed by atoms with Gasteiger partial charge >= 0.3 is 0 Å². The fourth-order valence-corrected chi connectivity index (χ4v) is 4.52. The zero-order valence-corrected chi connectivity index (χ0v) is 14.7. The summed E-state index contributed by atoms with van der Waals surface area (Å²) in [6.07, 6.45) is 3.47. The maximum atomic E-state index is 11.3. The summed E-state index contributed by atoms with van der Waals surface area (Å²) in [4.78, 5) is 4.62. The molecule has 0 radical (unpaired) electrons. The monoisotopic (exact) mass is 321 g/mol. The second-order valence-corrected chi connectivity index (χ2v) is 8.94. The van der Waals surface area contributed by atoms with Crippen molar-refractivity contribution in [2.75, 3.05) is 25.1 Å². The number of amidine groups is 1. The fourth-order valence-electron chi connectivity index (χ4n) is 2.17. The van der Waals surface area contributed by atoms with E-state index in [-0.39, 0.29) is 0 Å². The third-order valence-corrected chi connectivity index (χ3v) is 5.94. The standard InChI is InChI=1S/C13H27N3O2S2/c1-6-13(7-2)9-15-11(19-10-13)14-8-12(3,4)16-20(5,17)18/h16H,6-10H2,1-5H3,(H,14,15). The van der Waals surface area contributed by atoms with Crippen LogP contribution in [0.2, 0.25) is 0 Å². The Morgan fingerprint density at radius 2 is 1.95 bits per heavy atom. The lowest BCUT2D eigenvalue weighted by Crippen LogP contribution is -2.51. The van der Waals surface area contributed by atoms with E-state index in [1.165, 1.54) is 6.26 Å². The van der Waals surface area contributed by atoms with Gasteiger partial charge in [-0.2, -0.15) is 0 Å². The molecule has 0 atom stereocenters.